The second kappa shape index (κ2) is 6.27. The Kier molecular flexibility index (Phi) is 4.29. The van der Waals surface area contributed by atoms with Crippen molar-refractivity contribution in [2.75, 3.05) is 0 Å². The monoisotopic (exact) mass is 347 g/mol. The molecule has 0 aliphatic carbocycles. The Morgan fingerprint density at radius 1 is 1.16 bits per heavy atom. The van der Waals surface area contributed by atoms with E-state index >= 15 is 0 Å². The molecule has 1 heterocycles. The van der Waals surface area contributed by atoms with Crippen molar-refractivity contribution in [2.45, 2.75) is 25.9 Å². The van der Waals surface area contributed by atoms with Crippen molar-refractivity contribution in [1.29, 1.82) is 0 Å². The lowest BCUT2D eigenvalue weighted by Gasteiger charge is -2.09. The van der Waals surface area contributed by atoms with Gasteiger partial charge >= 0.3 is 12.1 Å². The summed E-state index contributed by atoms with van der Waals surface area (Å²) < 4.78 is 39.0. The number of carboxylic acids is 1. The Morgan fingerprint density at radius 2 is 1.92 bits per heavy atom. The zero-order chi connectivity index (χ0) is 18.2. The fourth-order valence-electron chi connectivity index (χ4n) is 2.95. The highest BCUT2D eigenvalue weighted by Crippen LogP contribution is 2.35. The molecule has 0 amide bonds. The van der Waals surface area contributed by atoms with E-state index in [4.69, 9.17) is 0 Å². The third-order valence-corrected chi connectivity index (χ3v) is 4.19. The van der Waals surface area contributed by atoms with Gasteiger partial charge in [-0.15, -0.1) is 0 Å². The van der Waals surface area contributed by atoms with E-state index in [1.807, 2.05) is 25.1 Å². The van der Waals surface area contributed by atoms with Gasteiger partial charge in [0.05, 0.1) is 17.7 Å². The molecular formula is C19H16F3NO2. The van der Waals surface area contributed by atoms with Crippen molar-refractivity contribution >= 4 is 16.9 Å². The van der Waals surface area contributed by atoms with Crippen LogP contribution in [-0.4, -0.2) is 16.1 Å². The molecule has 0 saturated carbocycles. The maximum atomic E-state index is 13.0. The van der Waals surface area contributed by atoms with Gasteiger partial charge in [-0.3, -0.25) is 4.79 Å². The number of carboxylic acid groups (broad SMARTS) is 1. The van der Waals surface area contributed by atoms with Crippen molar-refractivity contribution in [3.63, 3.8) is 0 Å². The molecule has 0 unspecified atom stereocenters. The zero-order valence-corrected chi connectivity index (χ0v) is 13.4. The quantitative estimate of drug-likeness (QED) is 0.694. The minimum atomic E-state index is -4.45. The Bertz CT molecular complexity index is 941. The van der Waals surface area contributed by atoms with Crippen molar-refractivity contribution in [2.24, 2.45) is 0 Å². The van der Waals surface area contributed by atoms with E-state index < -0.39 is 17.7 Å². The highest BCUT2D eigenvalue weighted by atomic mass is 19.4. The van der Waals surface area contributed by atoms with Crippen LogP contribution < -0.4 is 0 Å². The van der Waals surface area contributed by atoms with E-state index in [-0.39, 0.29) is 6.42 Å². The molecule has 0 saturated heterocycles. The highest BCUT2D eigenvalue weighted by Gasteiger charge is 2.30. The largest absolute Gasteiger partial charge is 0.481 e. The van der Waals surface area contributed by atoms with Gasteiger partial charge in [-0.25, -0.2) is 0 Å². The fourth-order valence-corrected chi connectivity index (χ4v) is 2.95. The van der Waals surface area contributed by atoms with Crippen molar-refractivity contribution in [1.82, 2.24) is 4.98 Å². The predicted molar refractivity (Wildman–Crippen MR) is 89.5 cm³/mol. The number of nitrogens with one attached hydrogen (secondary N) is 1. The van der Waals surface area contributed by atoms with E-state index in [9.17, 15) is 23.1 Å². The number of benzene rings is 2. The maximum Gasteiger partial charge on any atom is 0.416 e. The SMILES string of the molecule is CCc1ccc2[nH]c(-c3cccc(C(F)(F)F)c3)c(CC(=O)O)c2c1. The van der Waals surface area contributed by atoms with Crippen LogP contribution in [0, 0.1) is 0 Å². The summed E-state index contributed by atoms with van der Waals surface area (Å²) in [4.78, 5) is 14.4. The van der Waals surface area contributed by atoms with Gasteiger partial charge in [-0.05, 0) is 47.4 Å². The summed E-state index contributed by atoms with van der Waals surface area (Å²) in [7, 11) is 0. The number of aliphatic carboxylic acids is 1. The van der Waals surface area contributed by atoms with Crippen LogP contribution in [-0.2, 0) is 23.8 Å². The second-order valence-corrected chi connectivity index (χ2v) is 5.86. The number of rotatable bonds is 4. The molecule has 25 heavy (non-hydrogen) atoms. The summed E-state index contributed by atoms with van der Waals surface area (Å²) in [6.07, 6.45) is -3.93. The Morgan fingerprint density at radius 3 is 2.56 bits per heavy atom. The number of aromatic nitrogens is 1. The van der Waals surface area contributed by atoms with Crippen LogP contribution >= 0.6 is 0 Å². The van der Waals surface area contributed by atoms with Gasteiger partial charge in [0.15, 0.2) is 0 Å². The van der Waals surface area contributed by atoms with E-state index in [0.29, 0.717) is 22.3 Å². The van der Waals surface area contributed by atoms with Gasteiger partial charge in [0.1, 0.15) is 0 Å². The van der Waals surface area contributed by atoms with Gasteiger partial charge in [0, 0.05) is 10.9 Å². The minimum Gasteiger partial charge on any atom is -0.481 e. The van der Waals surface area contributed by atoms with E-state index in [0.717, 1.165) is 29.5 Å². The van der Waals surface area contributed by atoms with Crippen LogP contribution in [0.15, 0.2) is 42.5 Å². The molecule has 2 N–H and O–H groups in total. The van der Waals surface area contributed by atoms with Crippen molar-refractivity contribution in [3.05, 3.63) is 59.2 Å². The summed E-state index contributed by atoms with van der Waals surface area (Å²) in [5.74, 6) is -1.03. The molecule has 130 valence electrons. The third kappa shape index (κ3) is 3.38. The molecule has 0 spiro atoms. The van der Waals surface area contributed by atoms with Crippen LogP contribution in [0.2, 0.25) is 0 Å². The molecule has 0 atom stereocenters. The predicted octanol–water partition coefficient (Wildman–Crippen LogP) is 5.04. The Hall–Kier alpha value is -2.76. The van der Waals surface area contributed by atoms with Gasteiger partial charge in [-0.2, -0.15) is 13.2 Å². The van der Waals surface area contributed by atoms with Crippen LogP contribution in [0.1, 0.15) is 23.6 Å². The number of carbonyl (C=O) groups is 1. The van der Waals surface area contributed by atoms with E-state index in [1.54, 1.807) is 6.07 Å². The molecule has 6 heteroatoms. The number of alkyl halides is 3. The lowest BCUT2D eigenvalue weighted by atomic mass is 10.00. The summed E-state index contributed by atoms with van der Waals surface area (Å²) >= 11 is 0. The molecule has 0 aliphatic heterocycles. The van der Waals surface area contributed by atoms with Crippen LogP contribution in [0.5, 0.6) is 0 Å². The summed E-state index contributed by atoms with van der Waals surface area (Å²) in [5, 5.41) is 9.96. The Labute approximate surface area is 142 Å². The standard InChI is InChI=1S/C19H16F3NO2/c1-2-11-6-7-16-14(8-11)15(10-17(24)25)18(23-16)12-4-3-5-13(9-12)19(20,21)22/h3-9,23H,2,10H2,1H3,(H,24,25). The molecule has 3 aromatic rings. The van der Waals surface area contributed by atoms with Crippen molar-refractivity contribution < 1.29 is 23.1 Å². The third-order valence-electron chi connectivity index (χ3n) is 4.19. The first-order valence-electron chi connectivity index (χ1n) is 7.82. The topological polar surface area (TPSA) is 53.1 Å². The minimum absolute atomic E-state index is 0.265. The summed E-state index contributed by atoms with van der Waals surface area (Å²) in [5.41, 5.74) is 2.21. The highest BCUT2D eigenvalue weighted by molar-refractivity contribution is 5.94. The van der Waals surface area contributed by atoms with Gasteiger partial charge in [0.2, 0.25) is 0 Å². The first-order valence-corrected chi connectivity index (χ1v) is 7.82. The lowest BCUT2D eigenvalue weighted by Crippen LogP contribution is -2.05. The van der Waals surface area contributed by atoms with Gasteiger partial charge in [0.25, 0.3) is 0 Å². The van der Waals surface area contributed by atoms with E-state index in [1.165, 1.54) is 6.07 Å². The maximum absolute atomic E-state index is 13.0. The molecule has 0 aliphatic rings. The number of aryl methyl sites for hydroxylation is 1. The van der Waals surface area contributed by atoms with Crippen LogP contribution in [0.25, 0.3) is 22.2 Å². The van der Waals surface area contributed by atoms with Crippen molar-refractivity contribution in [3.8, 4) is 11.3 Å². The molecule has 1 aromatic heterocycles. The first-order chi connectivity index (χ1) is 11.8. The molecule has 3 rings (SSSR count). The summed E-state index contributed by atoms with van der Waals surface area (Å²) in [6.45, 7) is 1.98. The molecule has 0 fully saturated rings. The number of hydrogen-bond donors (Lipinski definition) is 2. The molecule has 3 nitrogen and oxygen atoms in total. The number of H-pyrrole nitrogens is 1. The molecule has 0 bridgehead atoms. The average Bonchev–Trinajstić information content (AvgIpc) is 2.91. The van der Waals surface area contributed by atoms with Gasteiger partial charge < -0.3 is 10.1 Å². The second-order valence-electron chi connectivity index (χ2n) is 5.86. The smallest absolute Gasteiger partial charge is 0.416 e. The molecule has 0 radical (unpaired) electrons. The van der Waals surface area contributed by atoms with Gasteiger partial charge in [-0.1, -0.05) is 25.1 Å². The van der Waals surface area contributed by atoms with Crippen LogP contribution in [0.4, 0.5) is 13.2 Å². The Balaban J connectivity index is 2.23. The molecular weight excluding hydrogens is 331 g/mol. The summed E-state index contributed by atoms with van der Waals surface area (Å²) in [6, 6.07) is 10.5. The number of hydrogen-bond acceptors (Lipinski definition) is 1. The molecule has 2 aromatic carbocycles. The zero-order valence-electron chi connectivity index (χ0n) is 13.4. The number of aromatic amines is 1. The fraction of sp³-hybridized carbons (Fsp3) is 0.211. The average molecular weight is 347 g/mol. The number of fused-ring (bicyclic) bond motifs is 1. The normalized spacial score (nSPS) is 11.8. The number of halogens is 3. The lowest BCUT2D eigenvalue weighted by molar-refractivity contribution is -0.138. The van der Waals surface area contributed by atoms with E-state index in [2.05, 4.69) is 4.98 Å². The first kappa shape index (κ1) is 17.1. The van der Waals surface area contributed by atoms with Crippen LogP contribution in [0.3, 0.4) is 0 Å².